The Morgan fingerprint density at radius 2 is 1.78 bits per heavy atom. The summed E-state index contributed by atoms with van der Waals surface area (Å²) >= 11 is 0. The van der Waals surface area contributed by atoms with Crippen molar-refractivity contribution in [2.24, 2.45) is 0 Å². The predicted molar refractivity (Wildman–Crippen MR) is 106 cm³/mol. The highest BCUT2D eigenvalue weighted by Crippen LogP contribution is 2.32. The maximum atomic E-state index is 12.9. The highest BCUT2D eigenvalue weighted by Gasteiger charge is 2.23. The van der Waals surface area contributed by atoms with Gasteiger partial charge in [-0.2, -0.15) is 0 Å². The summed E-state index contributed by atoms with van der Waals surface area (Å²) in [4.78, 5) is 0.209. The normalized spacial score (nSPS) is 14.1. The molecular weight excluding hydrogens is 362 g/mol. The molecule has 0 amide bonds. The Hall–Kier alpha value is -2.05. The number of nitrogens with one attached hydrogen (secondary N) is 1. The zero-order chi connectivity index (χ0) is 19.4. The van der Waals surface area contributed by atoms with Gasteiger partial charge in [-0.3, -0.25) is 0 Å². The monoisotopic (exact) mass is 389 g/mol. The van der Waals surface area contributed by atoms with Crippen LogP contribution in [0, 0.1) is 0 Å². The average molecular weight is 390 g/mol. The van der Waals surface area contributed by atoms with Crippen LogP contribution in [0.3, 0.4) is 0 Å². The highest BCUT2D eigenvalue weighted by atomic mass is 32.2. The summed E-state index contributed by atoms with van der Waals surface area (Å²) in [7, 11) is -2.18. The molecule has 27 heavy (non-hydrogen) atoms. The maximum absolute atomic E-state index is 12.9. The van der Waals surface area contributed by atoms with E-state index in [-0.39, 0.29) is 17.5 Å². The third-order valence-corrected chi connectivity index (χ3v) is 6.08. The van der Waals surface area contributed by atoms with E-state index in [4.69, 9.17) is 9.47 Å². The summed E-state index contributed by atoms with van der Waals surface area (Å²) in [6.07, 6.45) is 4.18. The van der Waals surface area contributed by atoms with Crippen molar-refractivity contribution >= 4 is 10.0 Å². The van der Waals surface area contributed by atoms with Crippen LogP contribution in [-0.4, -0.2) is 21.6 Å². The van der Waals surface area contributed by atoms with E-state index in [1.54, 1.807) is 6.07 Å². The van der Waals surface area contributed by atoms with Crippen LogP contribution >= 0.6 is 0 Å². The molecule has 2 aromatic carbocycles. The van der Waals surface area contributed by atoms with E-state index in [9.17, 15) is 8.42 Å². The molecule has 0 aliphatic heterocycles. The number of ether oxygens (including phenoxy) is 2. The Bertz CT molecular complexity index is 906. The van der Waals surface area contributed by atoms with E-state index in [0.717, 1.165) is 42.6 Å². The first-order chi connectivity index (χ1) is 12.9. The Labute approximate surface area is 161 Å². The minimum Gasteiger partial charge on any atom is -0.495 e. The van der Waals surface area contributed by atoms with Crippen molar-refractivity contribution in [3.8, 4) is 11.5 Å². The van der Waals surface area contributed by atoms with Crippen molar-refractivity contribution in [3.05, 3.63) is 53.1 Å². The average Bonchev–Trinajstić information content (AvgIpc) is 2.65. The molecule has 146 valence electrons. The van der Waals surface area contributed by atoms with Crippen LogP contribution in [0.25, 0.3) is 0 Å². The third-order valence-electron chi connectivity index (χ3n) is 4.65. The molecule has 0 unspecified atom stereocenters. The Morgan fingerprint density at radius 1 is 1.07 bits per heavy atom. The first-order valence-corrected chi connectivity index (χ1v) is 10.8. The molecule has 0 atom stereocenters. The number of rotatable bonds is 7. The minimum absolute atomic E-state index is 0.0664. The van der Waals surface area contributed by atoms with E-state index in [1.807, 2.05) is 44.2 Å². The van der Waals surface area contributed by atoms with E-state index in [1.165, 1.54) is 12.7 Å². The van der Waals surface area contributed by atoms with Crippen LogP contribution in [-0.2, 0) is 29.4 Å². The van der Waals surface area contributed by atoms with Gasteiger partial charge in [0.05, 0.1) is 13.2 Å². The van der Waals surface area contributed by atoms with Crippen molar-refractivity contribution in [2.75, 3.05) is 7.11 Å². The van der Waals surface area contributed by atoms with Crippen molar-refractivity contribution in [1.29, 1.82) is 0 Å². The molecule has 0 heterocycles. The number of fused-ring (bicyclic) bond motifs is 1. The van der Waals surface area contributed by atoms with Gasteiger partial charge in [-0.25, -0.2) is 13.1 Å². The largest absolute Gasteiger partial charge is 0.495 e. The van der Waals surface area contributed by atoms with E-state index in [2.05, 4.69) is 4.72 Å². The summed E-state index contributed by atoms with van der Waals surface area (Å²) < 4.78 is 39.6. The Balaban J connectivity index is 1.81. The summed E-state index contributed by atoms with van der Waals surface area (Å²) in [6.45, 7) is 4.10. The number of aryl methyl sites for hydroxylation is 2. The molecule has 1 aliphatic rings. The molecule has 0 spiro atoms. The fourth-order valence-electron chi connectivity index (χ4n) is 3.37. The molecule has 0 aromatic heterocycles. The van der Waals surface area contributed by atoms with Gasteiger partial charge in [0.15, 0.2) is 0 Å². The van der Waals surface area contributed by atoms with Gasteiger partial charge in [0.2, 0.25) is 10.0 Å². The lowest BCUT2D eigenvalue weighted by Gasteiger charge is -2.19. The molecule has 5 nitrogen and oxygen atoms in total. The van der Waals surface area contributed by atoms with Crippen molar-refractivity contribution in [2.45, 2.75) is 57.1 Å². The summed E-state index contributed by atoms with van der Waals surface area (Å²) in [6, 6.07) is 11.1. The molecule has 2 aromatic rings. The molecule has 0 radical (unpaired) electrons. The van der Waals surface area contributed by atoms with Gasteiger partial charge in [-0.15, -0.1) is 0 Å². The molecule has 3 rings (SSSR count). The van der Waals surface area contributed by atoms with Gasteiger partial charge in [-0.1, -0.05) is 12.1 Å². The number of hydrogen-bond donors (Lipinski definition) is 1. The van der Waals surface area contributed by atoms with Gasteiger partial charge in [-0.05, 0) is 80.5 Å². The zero-order valence-electron chi connectivity index (χ0n) is 16.1. The SMILES string of the molecule is COc1cc2c(cc1S(=O)(=O)NCc1cccc(OC(C)C)c1)CCCC2. The molecule has 1 N–H and O–H groups in total. The number of methoxy groups -OCH3 is 1. The second-order valence-electron chi connectivity index (χ2n) is 7.12. The lowest BCUT2D eigenvalue weighted by atomic mass is 9.92. The van der Waals surface area contributed by atoms with Crippen molar-refractivity contribution in [3.63, 3.8) is 0 Å². The molecule has 0 saturated heterocycles. The zero-order valence-corrected chi connectivity index (χ0v) is 16.9. The van der Waals surface area contributed by atoms with Gasteiger partial charge in [0.1, 0.15) is 16.4 Å². The van der Waals surface area contributed by atoms with Gasteiger partial charge >= 0.3 is 0 Å². The van der Waals surface area contributed by atoms with E-state index in [0.29, 0.717) is 5.75 Å². The molecule has 0 saturated carbocycles. The summed E-state index contributed by atoms with van der Waals surface area (Å²) in [5.41, 5.74) is 3.14. The van der Waals surface area contributed by atoms with Gasteiger partial charge < -0.3 is 9.47 Å². The van der Waals surface area contributed by atoms with E-state index < -0.39 is 10.0 Å². The van der Waals surface area contributed by atoms with Crippen LogP contribution in [0.2, 0.25) is 0 Å². The second kappa shape index (κ2) is 8.31. The summed E-state index contributed by atoms with van der Waals surface area (Å²) in [5, 5.41) is 0. The number of hydrogen-bond acceptors (Lipinski definition) is 4. The quantitative estimate of drug-likeness (QED) is 0.781. The van der Waals surface area contributed by atoms with Crippen molar-refractivity contribution < 1.29 is 17.9 Å². The van der Waals surface area contributed by atoms with Gasteiger partial charge in [0.25, 0.3) is 0 Å². The fraction of sp³-hybridized carbons (Fsp3) is 0.429. The fourth-order valence-corrected chi connectivity index (χ4v) is 4.58. The molecule has 0 fully saturated rings. The standard InChI is InChI=1S/C21H27NO4S/c1-15(2)26-19-10-6-7-16(11-19)14-22-27(23,24)21-13-18-9-5-4-8-17(18)12-20(21)25-3/h6-7,10-13,15,22H,4-5,8-9,14H2,1-3H3. The Kier molecular flexibility index (Phi) is 6.07. The van der Waals surface area contributed by atoms with Crippen LogP contribution < -0.4 is 14.2 Å². The first kappa shape index (κ1) is 19.7. The van der Waals surface area contributed by atoms with Gasteiger partial charge in [0, 0.05) is 6.54 Å². The first-order valence-electron chi connectivity index (χ1n) is 9.34. The lowest BCUT2D eigenvalue weighted by Crippen LogP contribution is -2.24. The summed E-state index contributed by atoms with van der Waals surface area (Å²) in [5.74, 6) is 1.13. The number of sulfonamides is 1. The Morgan fingerprint density at radius 3 is 2.44 bits per heavy atom. The second-order valence-corrected chi connectivity index (χ2v) is 8.85. The molecular formula is C21H27NO4S. The highest BCUT2D eigenvalue weighted by molar-refractivity contribution is 7.89. The van der Waals surface area contributed by atoms with Crippen LogP contribution in [0.15, 0.2) is 41.3 Å². The molecule has 1 aliphatic carbocycles. The topological polar surface area (TPSA) is 64.6 Å². The molecule has 0 bridgehead atoms. The lowest BCUT2D eigenvalue weighted by molar-refractivity contribution is 0.242. The van der Waals surface area contributed by atoms with E-state index >= 15 is 0 Å². The van der Waals surface area contributed by atoms with Crippen LogP contribution in [0.4, 0.5) is 0 Å². The maximum Gasteiger partial charge on any atom is 0.244 e. The minimum atomic E-state index is -3.69. The predicted octanol–water partition coefficient (Wildman–Crippen LogP) is 3.84. The number of benzene rings is 2. The van der Waals surface area contributed by atoms with Crippen LogP contribution in [0.1, 0.15) is 43.4 Å². The molecule has 6 heteroatoms. The van der Waals surface area contributed by atoms with Crippen molar-refractivity contribution in [1.82, 2.24) is 4.72 Å². The third kappa shape index (κ3) is 4.82. The van der Waals surface area contributed by atoms with Crippen LogP contribution in [0.5, 0.6) is 11.5 Å². The smallest absolute Gasteiger partial charge is 0.244 e.